The number of benzene rings is 1. The number of nitrogens with one attached hydrogen (secondary N) is 1. The van der Waals surface area contributed by atoms with E-state index in [0.717, 1.165) is 6.26 Å². The van der Waals surface area contributed by atoms with Crippen LogP contribution in [0.25, 0.3) is 0 Å². The molecule has 0 saturated carbocycles. The van der Waals surface area contributed by atoms with Crippen LogP contribution < -0.4 is 5.32 Å². The highest BCUT2D eigenvalue weighted by molar-refractivity contribution is 6.02. The fourth-order valence-corrected chi connectivity index (χ4v) is 1.20. The Morgan fingerprint density at radius 3 is 2.65 bits per heavy atom. The van der Waals surface area contributed by atoms with Crippen molar-refractivity contribution in [3.05, 3.63) is 47.9 Å². The molecule has 88 valence electrons. The normalized spacial score (nSPS) is 10.2. The van der Waals surface area contributed by atoms with Gasteiger partial charge in [0.15, 0.2) is 12.4 Å². The number of hydrogen-bond acceptors (Lipinski definition) is 3. The molecule has 0 fully saturated rings. The van der Waals surface area contributed by atoms with E-state index in [-0.39, 0.29) is 11.6 Å². The fourth-order valence-electron chi connectivity index (χ4n) is 1.20. The first kappa shape index (κ1) is 11.3. The van der Waals surface area contributed by atoms with Crippen LogP contribution in [0.1, 0.15) is 16.4 Å². The van der Waals surface area contributed by atoms with Crippen LogP contribution in [0.4, 0.5) is 14.5 Å². The first-order valence-corrected chi connectivity index (χ1v) is 4.76. The van der Waals surface area contributed by atoms with Gasteiger partial charge in [0, 0.05) is 5.69 Å². The predicted molar refractivity (Wildman–Crippen MR) is 55.7 cm³/mol. The largest absolute Gasteiger partial charge is 0.445 e. The lowest BCUT2D eigenvalue weighted by molar-refractivity contribution is 0.102. The van der Waals surface area contributed by atoms with Gasteiger partial charge in [-0.15, -0.1) is 0 Å². The SMILES string of the molecule is O=C(Nc1ccc(F)cc1)c1coc(CF)n1. The molecule has 2 aromatic rings. The Morgan fingerprint density at radius 1 is 1.35 bits per heavy atom. The number of hydrogen-bond donors (Lipinski definition) is 1. The summed E-state index contributed by atoms with van der Waals surface area (Å²) in [5.74, 6) is -1.10. The zero-order valence-corrected chi connectivity index (χ0v) is 8.61. The van der Waals surface area contributed by atoms with E-state index < -0.39 is 18.4 Å². The minimum absolute atomic E-state index is 0.0259. The van der Waals surface area contributed by atoms with Gasteiger partial charge in [-0.1, -0.05) is 0 Å². The van der Waals surface area contributed by atoms with Crippen molar-refractivity contribution >= 4 is 11.6 Å². The summed E-state index contributed by atoms with van der Waals surface area (Å²) in [6.45, 7) is -0.871. The van der Waals surface area contributed by atoms with E-state index in [4.69, 9.17) is 0 Å². The van der Waals surface area contributed by atoms with Crippen molar-refractivity contribution in [1.29, 1.82) is 0 Å². The summed E-state index contributed by atoms with van der Waals surface area (Å²) in [4.78, 5) is 15.2. The maximum Gasteiger partial charge on any atom is 0.277 e. The van der Waals surface area contributed by atoms with Gasteiger partial charge in [0.1, 0.15) is 12.1 Å². The highest BCUT2D eigenvalue weighted by atomic mass is 19.1. The van der Waals surface area contributed by atoms with Crippen LogP contribution in [-0.4, -0.2) is 10.9 Å². The maximum absolute atomic E-state index is 12.6. The second kappa shape index (κ2) is 4.73. The number of rotatable bonds is 3. The highest BCUT2D eigenvalue weighted by Crippen LogP contribution is 2.11. The summed E-state index contributed by atoms with van der Waals surface area (Å²) in [5, 5.41) is 2.47. The third-order valence-electron chi connectivity index (χ3n) is 2.00. The van der Waals surface area contributed by atoms with E-state index in [1.165, 1.54) is 24.3 Å². The van der Waals surface area contributed by atoms with E-state index in [2.05, 4.69) is 14.7 Å². The van der Waals surface area contributed by atoms with Crippen LogP contribution in [0.2, 0.25) is 0 Å². The lowest BCUT2D eigenvalue weighted by atomic mass is 10.3. The molecule has 0 spiro atoms. The Balaban J connectivity index is 2.08. The standard InChI is InChI=1S/C11H8F2N2O2/c12-5-10-15-9(6-17-10)11(16)14-8-3-1-7(13)2-4-8/h1-4,6H,5H2,(H,14,16). The number of carbonyl (C=O) groups excluding carboxylic acids is 1. The van der Waals surface area contributed by atoms with Gasteiger partial charge >= 0.3 is 0 Å². The molecule has 1 amide bonds. The quantitative estimate of drug-likeness (QED) is 0.893. The molecule has 0 unspecified atom stereocenters. The summed E-state index contributed by atoms with van der Waals surface area (Å²) in [5.41, 5.74) is 0.392. The van der Waals surface area contributed by atoms with Gasteiger partial charge in [0.2, 0.25) is 5.89 Å². The fraction of sp³-hybridized carbons (Fsp3) is 0.0909. The lowest BCUT2D eigenvalue weighted by Gasteiger charge is -2.01. The third-order valence-corrected chi connectivity index (χ3v) is 2.00. The van der Waals surface area contributed by atoms with E-state index in [9.17, 15) is 13.6 Å². The Labute approximate surface area is 95.3 Å². The average Bonchev–Trinajstić information content (AvgIpc) is 2.81. The zero-order chi connectivity index (χ0) is 12.3. The van der Waals surface area contributed by atoms with E-state index in [1.54, 1.807) is 0 Å². The molecule has 0 radical (unpaired) electrons. The summed E-state index contributed by atoms with van der Waals surface area (Å²) < 4.78 is 29.4. The lowest BCUT2D eigenvalue weighted by Crippen LogP contribution is -2.12. The molecule has 4 nitrogen and oxygen atoms in total. The molecule has 1 aromatic carbocycles. The molecule has 0 aliphatic carbocycles. The molecular formula is C11H8F2N2O2. The van der Waals surface area contributed by atoms with Crippen LogP contribution >= 0.6 is 0 Å². The van der Waals surface area contributed by atoms with Crippen LogP contribution in [0.15, 0.2) is 34.9 Å². The number of amides is 1. The molecule has 1 aromatic heterocycles. The van der Waals surface area contributed by atoms with Crippen molar-refractivity contribution in [2.45, 2.75) is 6.67 Å². The number of oxazole rings is 1. The number of nitrogens with zero attached hydrogens (tertiary/aromatic N) is 1. The van der Waals surface area contributed by atoms with E-state index in [1.807, 2.05) is 0 Å². The Kier molecular flexibility index (Phi) is 3.13. The zero-order valence-electron chi connectivity index (χ0n) is 8.61. The Hall–Kier alpha value is -2.24. The molecule has 1 heterocycles. The molecular weight excluding hydrogens is 230 g/mol. The summed E-state index contributed by atoms with van der Waals surface area (Å²) in [7, 11) is 0. The van der Waals surface area contributed by atoms with Gasteiger partial charge in [-0.2, -0.15) is 0 Å². The van der Waals surface area contributed by atoms with Gasteiger partial charge in [0.25, 0.3) is 5.91 Å². The molecule has 0 atom stereocenters. The van der Waals surface area contributed by atoms with Crippen molar-refractivity contribution in [2.75, 3.05) is 5.32 Å². The summed E-state index contributed by atoms with van der Waals surface area (Å²) in [6, 6.07) is 5.24. The molecule has 17 heavy (non-hydrogen) atoms. The first-order valence-electron chi connectivity index (χ1n) is 4.76. The second-order valence-corrected chi connectivity index (χ2v) is 3.22. The first-order chi connectivity index (χ1) is 8.19. The number of carbonyl (C=O) groups is 1. The Morgan fingerprint density at radius 2 is 2.06 bits per heavy atom. The van der Waals surface area contributed by atoms with Crippen molar-refractivity contribution in [2.24, 2.45) is 0 Å². The van der Waals surface area contributed by atoms with Crippen molar-refractivity contribution in [3.63, 3.8) is 0 Å². The number of aromatic nitrogens is 1. The monoisotopic (exact) mass is 238 g/mol. The maximum atomic E-state index is 12.6. The number of halogens is 2. The predicted octanol–water partition coefficient (Wildman–Crippen LogP) is 2.54. The third kappa shape index (κ3) is 2.66. The number of alkyl halides is 1. The molecule has 0 bridgehead atoms. The number of anilines is 1. The van der Waals surface area contributed by atoms with Crippen molar-refractivity contribution in [1.82, 2.24) is 4.98 Å². The average molecular weight is 238 g/mol. The van der Waals surface area contributed by atoms with Gasteiger partial charge in [-0.25, -0.2) is 13.8 Å². The van der Waals surface area contributed by atoms with Gasteiger partial charge in [0.05, 0.1) is 0 Å². The Bertz CT molecular complexity index is 523. The van der Waals surface area contributed by atoms with E-state index >= 15 is 0 Å². The smallest absolute Gasteiger partial charge is 0.277 e. The minimum Gasteiger partial charge on any atom is -0.445 e. The molecule has 6 heteroatoms. The van der Waals surface area contributed by atoms with Gasteiger partial charge in [-0.05, 0) is 24.3 Å². The molecule has 0 aliphatic heterocycles. The summed E-state index contributed by atoms with van der Waals surface area (Å²) in [6.07, 6.45) is 1.06. The van der Waals surface area contributed by atoms with Gasteiger partial charge in [-0.3, -0.25) is 4.79 Å². The molecule has 2 rings (SSSR count). The van der Waals surface area contributed by atoms with E-state index in [0.29, 0.717) is 5.69 Å². The van der Waals surface area contributed by atoms with Gasteiger partial charge < -0.3 is 9.73 Å². The van der Waals surface area contributed by atoms with Crippen LogP contribution in [0.3, 0.4) is 0 Å². The second-order valence-electron chi connectivity index (χ2n) is 3.22. The van der Waals surface area contributed by atoms with Crippen LogP contribution in [-0.2, 0) is 6.67 Å². The van der Waals surface area contributed by atoms with Crippen LogP contribution in [0.5, 0.6) is 0 Å². The minimum atomic E-state index is -0.871. The topological polar surface area (TPSA) is 55.1 Å². The molecule has 0 aliphatic rings. The molecule has 1 N–H and O–H groups in total. The highest BCUT2D eigenvalue weighted by Gasteiger charge is 2.12. The van der Waals surface area contributed by atoms with Crippen LogP contribution in [0, 0.1) is 5.82 Å². The van der Waals surface area contributed by atoms with Crippen molar-refractivity contribution < 1.29 is 18.0 Å². The van der Waals surface area contributed by atoms with Crippen molar-refractivity contribution in [3.8, 4) is 0 Å². The summed E-state index contributed by atoms with van der Waals surface area (Å²) >= 11 is 0. The molecule has 0 saturated heterocycles.